The van der Waals surface area contributed by atoms with Gasteiger partial charge in [-0.3, -0.25) is 0 Å². The zero-order valence-electron chi connectivity index (χ0n) is 24.8. The van der Waals surface area contributed by atoms with Crippen LogP contribution < -0.4 is 0 Å². The lowest BCUT2D eigenvalue weighted by Crippen LogP contribution is -2.70. The molecule has 5 rings (SSSR count). The minimum atomic E-state index is -0.999. The molecule has 0 radical (unpaired) electrons. The molecule has 5 aliphatic carbocycles. The summed E-state index contributed by atoms with van der Waals surface area (Å²) in [7, 11) is 0. The van der Waals surface area contributed by atoms with Gasteiger partial charge in [0.1, 0.15) is 5.60 Å². The minimum Gasteiger partial charge on any atom is -0.393 e. The molecule has 0 aromatic heterocycles. The van der Waals surface area contributed by atoms with E-state index in [1.807, 2.05) is 20.8 Å². The number of hydrogen-bond acceptors (Lipinski definition) is 4. The van der Waals surface area contributed by atoms with Crippen LogP contribution in [0.5, 0.6) is 0 Å². The van der Waals surface area contributed by atoms with Crippen LogP contribution >= 0.6 is 0 Å². The molecule has 36 heavy (non-hydrogen) atoms. The van der Waals surface area contributed by atoms with Crippen LogP contribution in [0.3, 0.4) is 0 Å². The van der Waals surface area contributed by atoms with E-state index in [-0.39, 0.29) is 39.1 Å². The van der Waals surface area contributed by atoms with Crippen molar-refractivity contribution in [1.82, 2.24) is 0 Å². The van der Waals surface area contributed by atoms with E-state index in [2.05, 4.69) is 41.5 Å². The van der Waals surface area contributed by atoms with Crippen molar-refractivity contribution in [3.05, 3.63) is 0 Å². The summed E-state index contributed by atoms with van der Waals surface area (Å²) in [5.41, 5.74) is -1.32. The third-order valence-electron chi connectivity index (χ3n) is 14.3. The van der Waals surface area contributed by atoms with E-state index in [9.17, 15) is 15.3 Å². The summed E-state index contributed by atoms with van der Waals surface area (Å²) in [4.78, 5) is 0. The molecule has 11 atom stereocenters. The Balaban J connectivity index is 1.56. The van der Waals surface area contributed by atoms with E-state index in [4.69, 9.17) is 4.74 Å². The molecule has 0 spiro atoms. The van der Waals surface area contributed by atoms with E-state index in [0.717, 1.165) is 32.1 Å². The molecule has 0 aliphatic heterocycles. The monoisotopic (exact) mass is 504 g/mol. The van der Waals surface area contributed by atoms with Gasteiger partial charge in [-0.15, -0.1) is 0 Å². The molecule has 5 fully saturated rings. The summed E-state index contributed by atoms with van der Waals surface area (Å²) in [6.07, 6.45) is 8.83. The van der Waals surface area contributed by atoms with Gasteiger partial charge in [0.2, 0.25) is 0 Å². The van der Waals surface area contributed by atoms with Crippen LogP contribution in [0.15, 0.2) is 0 Å². The SMILES string of the molecule is CCO[C@@]1(C(C)(C)O)CC[C@@]2(C)[C@H]1[C@@H](O)C[C@]1(C)[C@@H]2CC[C@@H]2[C@@]3(C)CC[C@H](O)C(C)(C)[C@H]3CC[C@]21C. The summed E-state index contributed by atoms with van der Waals surface area (Å²) < 4.78 is 6.49. The van der Waals surface area contributed by atoms with Gasteiger partial charge in [-0.2, -0.15) is 0 Å². The fourth-order valence-electron chi connectivity index (χ4n) is 12.6. The highest BCUT2D eigenvalue weighted by molar-refractivity contribution is 5.24. The van der Waals surface area contributed by atoms with Crippen molar-refractivity contribution in [2.24, 2.45) is 50.7 Å². The highest BCUT2D eigenvalue weighted by Gasteiger charge is 2.75. The predicted octanol–water partition coefficient (Wildman–Crippen LogP) is 6.35. The standard InChI is InChI=1S/C32H56O4/c1-10-36-32(27(4,5)35)18-17-29(7)23-12-11-22-28(6)15-14-24(34)26(2,3)21(28)13-16-30(22,8)31(23,9)19-20(33)25(29)32/h20-25,33-35H,10-19H2,1-9H3/t20-,21+,22+,23+,24-,25+,28-,29+,30+,31+,32-/m0/s1. The third kappa shape index (κ3) is 3.08. The van der Waals surface area contributed by atoms with Gasteiger partial charge in [-0.25, -0.2) is 0 Å². The van der Waals surface area contributed by atoms with Gasteiger partial charge < -0.3 is 20.1 Å². The lowest BCUT2D eigenvalue weighted by Gasteiger charge is -2.74. The molecule has 0 aromatic carbocycles. The van der Waals surface area contributed by atoms with Gasteiger partial charge in [0, 0.05) is 12.5 Å². The van der Waals surface area contributed by atoms with Crippen LogP contribution in [0, 0.1) is 50.7 Å². The van der Waals surface area contributed by atoms with Gasteiger partial charge in [-0.1, -0.05) is 41.5 Å². The van der Waals surface area contributed by atoms with Crippen LogP contribution in [0.25, 0.3) is 0 Å². The van der Waals surface area contributed by atoms with Crippen molar-refractivity contribution in [1.29, 1.82) is 0 Å². The lowest BCUT2D eigenvalue weighted by atomic mass is 9.31. The number of fused-ring (bicyclic) bond motifs is 7. The molecule has 208 valence electrons. The second kappa shape index (κ2) is 7.95. The second-order valence-corrected chi connectivity index (χ2v) is 16.1. The Morgan fingerprint density at radius 1 is 0.750 bits per heavy atom. The maximum absolute atomic E-state index is 12.1. The molecular formula is C32H56O4. The quantitative estimate of drug-likeness (QED) is 0.419. The molecule has 0 bridgehead atoms. The van der Waals surface area contributed by atoms with Crippen molar-refractivity contribution in [2.45, 2.75) is 144 Å². The average Bonchev–Trinajstić information content (AvgIpc) is 3.07. The van der Waals surface area contributed by atoms with E-state index in [1.165, 1.54) is 25.7 Å². The van der Waals surface area contributed by atoms with Crippen molar-refractivity contribution in [3.8, 4) is 0 Å². The number of aliphatic hydroxyl groups excluding tert-OH is 2. The van der Waals surface area contributed by atoms with Gasteiger partial charge in [0.05, 0.1) is 17.8 Å². The van der Waals surface area contributed by atoms with Crippen molar-refractivity contribution in [2.75, 3.05) is 6.61 Å². The second-order valence-electron chi connectivity index (χ2n) is 16.1. The van der Waals surface area contributed by atoms with E-state index >= 15 is 0 Å². The first-order chi connectivity index (χ1) is 16.5. The van der Waals surface area contributed by atoms with E-state index in [0.29, 0.717) is 24.4 Å². The van der Waals surface area contributed by atoms with Gasteiger partial charge in [0.25, 0.3) is 0 Å². The van der Waals surface area contributed by atoms with Crippen molar-refractivity contribution < 1.29 is 20.1 Å². The maximum atomic E-state index is 12.1. The molecule has 4 heteroatoms. The number of aliphatic hydroxyl groups is 3. The lowest BCUT2D eigenvalue weighted by molar-refractivity contribution is -0.287. The first kappa shape index (κ1) is 27.4. The van der Waals surface area contributed by atoms with Gasteiger partial charge >= 0.3 is 0 Å². The van der Waals surface area contributed by atoms with Crippen molar-refractivity contribution >= 4 is 0 Å². The zero-order valence-corrected chi connectivity index (χ0v) is 24.8. The molecule has 4 nitrogen and oxygen atoms in total. The Morgan fingerprint density at radius 3 is 1.94 bits per heavy atom. The molecular weight excluding hydrogens is 448 g/mol. The molecule has 0 heterocycles. The van der Waals surface area contributed by atoms with Crippen LogP contribution in [0.1, 0.15) is 120 Å². The molecule has 3 N–H and O–H groups in total. The van der Waals surface area contributed by atoms with Crippen LogP contribution in [0.2, 0.25) is 0 Å². The highest BCUT2D eigenvalue weighted by atomic mass is 16.5. The molecule has 5 saturated carbocycles. The fourth-order valence-corrected chi connectivity index (χ4v) is 12.6. The Morgan fingerprint density at radius 2 is 1.36 bits per heavy atom. The summed E-state index contributed by atoms with van der Waals surface area (Å²) in [5.74, 6) is 1.65. The van der Waals surface area contributed by atoms with Crippen LogP contribution in [-0.2, 0) is 4.74 Å². The summed E-state index contributed by atoms with van der Waals surface area (Å²) in [5, 5.41) is 34.5. The van der Waals surface area contributed by atoms with Crippen LogP contribution in [-0.4, -0.2) is 45.3 Å². The topological polar surface area (TPSA) is 69.9 Å². The van der Waals surface area contributed by atoms with E-state index in [1.54, 1.807) is 0 Å². The fraction of sp³-hybridized carbons (Fsp3) is 1.00. The maximum Gasteiger partial charge on any atom is 0.102 e. The molecule has 0 unspecified atom stereocenters. The molecule has 5 aliphatic rings. The van der Waals surface area contributed by atoms with Gasteiger partial charge in [-0.05, 0) is 123 Å². The van der Waals surface area contributed by atoms with Crippen LogP contribution in [0.4, 0.5) is 0 Å². The minimum absolute atomic E-state index is 0.0372. The number of hydrogen-bond donors (Lipinski definition) is 3. The van der Waals surface area contributed by atoms with Gasteiger partial charge in [0.15, 0.2) is 0 Å². The largest absolute Gasteiger partial charge is 0.393 e. The zero-order chi connectivity index (χ0) is 26.7. The first-order valence-electron chi connectivity index (χ1n) is 15.2. The first-order valence-corrected chi connectivity index (χ1v) is 15.2. The summed E-state index contributed by atoms with van der Waals surface area (Å²) in [6, 6.07) is 0. The predicted molar refractivity (Wildman–Crippen MR) is 144 cm³/mol. The Labute approximate surface area is 221 Å². The normalized spacial score (nSPS) is 56.3. The number of ether oxygens (including phenoxy) is 1. The van der Waals surface area contributed by atoms with Crippen molar-refractivity contribution in [3.63, 3.8) is 0 Å². The molecule has 0 amide bonds. The smallest absolute Gasteiger partial charge is 0.102 e. The Hall–Kier alpha value is -0.160. The highest BCUT2D eigenvalue weighted by Crippen LogP contribution is 2.78. The third-order valence-corrected chi connectivity index (χ3v) is 14.3. The summed E-state index contributed by atoms with van der Waals surface area (Å²) >= 11 is 0. The Bertz CT molecular complexity index is 878. The number of rotatable bonds is 3. The van der Waals surface area contributed by atoms with E-state index < -0.39 is 17.3 Å². The summed E-state index contributed by atoms with van der Waals surface area (Å²) in [6.45, 7) is 21.1. The molecule has 0 aromatic rings. The molecule has 0 saturated heterocycles. The average molecular weight is 505 g/mol. The Kier molecular flexibility index (Phi) is 6.05.